The first-order valence-corrected chi connectivity index (χ1v) is 12.0. The van der Waals surface area contributed by atoms with Crippen LogP contribution in [0.2, 0.25) is 0 Å². The molecule has 0 radical (unpaired) electrons. The van der Waals surface area contributed by atoms with Crippen LogP contribution in [0.15, 0.2) is 36.5 Å². The summed E-state index contributed by atoms with van der Waals surface area (Å²) in [6.45, 7) is 0.742. The minimum Gasteiger partial charge on any atom is -0.378 e. The Hall–Kier alpha value is -2.78. The lowest BCUT2D eigenvalue weighted by Gasteiger charge is -2.33. The summed E-state index contributed by atoms with van der Waals surface area (Å²) in [5, 5.41) is 3.42. The van der Waals surface area contributed by atoms with Crippen molar-refractivity contribution in [2.75, 3.05) is 48.0 Å². The summed E-state index contributed by atoms with van der Waals surface area (Å²) in [5.41, 5.74) is 3.71. The van der Waals surface area contributed by atoms with Gasteiger partial charge < -0.3 is 24.6 Å². The number of nitrogens with zero attached hydrogens (tertiary/aromatic N) is 3. The van der Waals surface area contributed by atoms with Gasteiger partial charge in [-0.05, 0) is 55.9 Å². The highest BCUT2D eigenvalue weighted by atomic mass is 19.3. The Kier molecular flexibility index (Phi) is 6.92. The second-order valence-corrected chi connectivity index (χ2v) is 9.17. The van der Waals surface area contributed by atoms with Gasteiger partial charge in [-0.2, -0.15) is 8.78 Å². The lowest BCUT2D eigenvalue weighted by Crippen LogP contribution is -2.38. The number of hydrogen-bond acceptors (Lipinski definition) is 6. The first-order valence-electron chi connectivity index (χ1n) is 12.0. The number of benzene rings is 1. The third kappa shape index (κ3) is 5.00. The largest absolute Gasteiger partial charge is 0.378 e. The number of carbonyl (C=O) groups is 1. The Balaban J connectivity index is 1.40. The van der Waals surface area contributed by atoms with Crippen LogP contribution in [0.5, 0.6) is 0 Å². The van der Waals surface area contributed by atoms with E-state index in [0.29, 0.717) is 45.4 Å². The minimum absolute atomic E-state index is 0.0526. The van der Waals surface area contributed by atoms with E-state index in [4.69, 9.17) is 4.74 Å². The second-order valence-electron chi connectivity index (χ2n) is 9.17. The lowest BCUT2D eigenvalue weighted by molar-refractivity contribution is -0.142. The van der Waals surface area contributed by atoms with Crippen molar-refractivity contribution in [2.45, 2.75) is 38.8 Å². The zero-order chi connectivity index (χ0) is 23.5. The maximum absolute atomic E-state index is 13.8. The summed E-state index contributed by atoms with van der Waals surface area (Å²) in [4.78, 5) is 22.5. The average Bonchev–Trinajstić information content (AvgIpc) is 3.04. The smallest absolute Gasteiger partial charge is 0.345 e. The van der Waals surface area contributed by atoms with Crippen LogP contribution in [-0.2, 0) is 20.8 Å². The summed E-state index contributed by atoms with van der Waals surface area (Å²) in [6, 6.07) is 10.0. The number of carbonyl (C=O) groups excluding carboxylic acids is 1. The molecule has 1 saturated heterocycles. The number of amides is 1. The van der Waals surface area contributed by atoms with E-state index < -0.39 is 6.61 Å². The van der Waals surface area contributed by atoms with E-state index in [9.17, 15) is 13.6 Å². The van der Waals surface area contributed by atoms with Crippen molar-refractivity contribution in [3.05, 3.63) is 42.1 Å². The van der Waals surface area contributed by atoms with Crippen LogP contribution in [-0.4, -0.2) is 50.4 Å². The predicted octanol–water partition coefficient (Wildman–Crippen LogP) is 4.55. The zero-order valence-corrected chi connectivity index (χ0v) is 19.1. The standard InChI is InChI=1S/C25H30F2N4O3/c26-25(27)34-16-17-3-5-18(6-4-17)24(32)31-15-19-2-1-9-28-23(19)29-21-8-7-20(14-22(21)31)30-10-12-33-13-11-30/h1-2,7-9,14,17-18,25H,3-6,10-13,15-16H2,(H,28,29). The third-order valence-electron chi connectivity index (χ3n) is 7.04. The molecule has 1 saturated carbocycles. The Labute approximate surface area is 198 Å². The van der Waals surface area contributed by atoms with E-state index in [2.05, 4.69) is 32.1 Å². The fraction of sp³-hybridized carbons (Fsp3) is 0.520. The molecule has 1 N–H and O–H groups in total. The van der Waals surface area contributed by atoms with Crippen molar-refractivity contribution >= 4 is 28.8 Å². The van der Waals surface area contributed by atoms with Crippen LogP contribution in [0.3, 0.4) is 0 Å². The molecule has 34 heavy (non-hydrogen) atoms. The molecule has 1 aromatic heterocycles. The van der Waals surface area contributed by atoms with Gasteiger partial charge in [0, 0.05) is 36.5 Å². The molecule has 9 heteroatoms. The van der Waals surface area contributed by atoms with Crippen LogP contribution in [0.4, 0.5) is 31.7 Å². The van der Waals surface area contributed by atoms with E-state index in [0.717, 1.165) is 41.5 Å². The van der Waals surface area contributed by atoms with Crippen molar-refractivity contribution in [1.82, 2.24) is 4.98 Å². The van der Waals surface area contributed by atoms with Gasteiger partial charge in [-0.3, -0.25) is 4.79 Å². The minimum atomic E-state index is -2.74. The molecule has 1 amide bonds. The van der Waals surface area contributed by atoms with Crippen LogP contribution in [0.25, 0.3) is 0 Å². The zero-order valence-electron chi connectivity index (χ0n) is 19.1. The van der Waals surface area contributed by atoms with Crippen molar-refractivity contribution in [2.24, 2.45) is 11.8 Å². The molecule has 5 rings (SSSR count). The van der Waals surface area contributed by atoms with E-state index in [1.165, 1.54) is 0 Å². The highest BCUT2D eigenvalue weighted by molar-refractivity contribution is 6.00. The third-order valence-corrected chi connectivity index (χ3v) is 7.04. The molecule has 0 atom stereocenters. The Bertz CT molecular complexity index is 1010. The molecule has 0 unspecified atom stereocenters. The van der Waals surface area contributed by atoms with Crippen LogP contribution in [0, 0.1) is 11.8 Å². The van der Waals surface area contributed by atoms with Gasteiger partial charge >= 0.3 is 6.61 Å². The number of anilines is 4. The molecule has 3 aliphatic rings. The van der Waals surface area contributed by atoms with Crippen LogP contribution >= 0.6 is 0 Å². The van der Waals surface area contributed by atoms with Gasteiger partial charge in [0.15, 0.2) is 0 Å². The van der Waals surface area contributed by atoms with Gasteiger partial charge in [0.05, 0.1) is 37.7 Å². The van der Waals surface area contributed by atoms with E-state index >= 15 is 0 Å². The van der Waals surface area contributed by atoms with Crippen molar-refractivity contribution in [3.8, 4) is 0 Å². The summed E-state index contributed by atoms with van der Waals surface area (Å²) in [7, 11) is 0. The number of pyridine rings is 1. The number of hydrogen-bond donors (Lipinski definition) is 1. The molecule has 2 aliphatic heterocycles. The first-order chi connectivity index (χ1) is 16.6. The van der Waals surface area contributed by atoms with Gasteiger partial charge in [-0.15, -0.1) is 0 Å². The topological polar surface area (TPSA) is 66.9 Å². The van der Waals surface area contributed by atoms with E-state index in [1.807, 2.05) is 23.1 Å². The predicted molar refractivity (Wildman–Crippen MR) is 126 cm³/mol. The van der Waals surface area contributed by atoms with Gasteiger partial charge in [0.25, 0.3) is 0 Å². The van der Waals surface area contributed by atoms with Gasteiger partial charge in [0.2, 0.25) is 5.91 Å². The van der Waals surface area contributed by atoms with Crippen LogP contribution < -0.4 is 15.1 Å². The van der Waals surface area contributed by atoms with Gasteiger partial charge in [-0.25, -0.2) is 4.98 Å². The summed E-state index contributed by atoms with van der Waals surface area (Å²) in [6.07, 6.45) is 4.53. The second kappa shape index (κ2) is 10.2. The number of fused-ring (bicyclic) bond motifs is 2. The maximum atomic E-state index is 13.8. The summed E-state index contributed by atoms with van der Waals surface area (Å²) < 4.78 is 34.8. The number of nitrogens with one attached hydrogen (secondary N) is 1. The highest BCUT2D eigenvalue weighted by Gasteiger charge is 2.33. The van der Waals surface area contributed by atoms with E-state index in [-0.39, 0.29) is 24.3 Å². The quantitative estimate of drug-likeness (QED) is 0.689. The normalized spacial score (nSPS) is 22.6. The molecule has 2 fully saturated rings. The van der Waals surface area contributed by atoms with E-state index in [1.54, 1.807) is 6.20 Å². The number of ether oxygens (including phenoxy) is 2. The monoisotopic (exact) mass is 472 g/mol. The summed E-state index contributed by atoms with van der Waals surface area (Å²) in [5.74, 6) is 0.771. The summed E-state index contributed by atoms with van der Waals surface area (Å²) >= 11 is 0. The maximum Gasteiger partial charge on any atom is 0.345 e. The number of rotatable bonds is 5. The van der Waals surface area contributed by atoms with Crippen LogP contribution in [0.1, 0.15) is 31.2 Å². The van der Waals surface area contributed by atoms with Crippen molar-refractivity contribution in [1.29, 1.82) is 0 Å². The Morgan fingerprint density at radius 2 is 1.97 bits per heavy atom. The Morgan fingerprint density at radius 1 is 1.18 bits per heavy atom. The molecule has 1 aromatic carbocycles. The fourth-order valence-electron chi connectivity index (χ4n) is 5.13. The molecular weight excluding hydrogens is 442 g/mol. The molecule has 3 heterocycles. The molecular formula is C25H30F2N4O3. The molecule has 2 aromatic rings. The average molecular weight is 473 g/mol. The molecule has 0 spiro atoms. The van der Waals surface area contributed by atoms with Crippen molar-refractivity contribution < 1.29 is 23.0 Å². The van der Waals surface area contributed by atoms with Gasteiger partial charge in [-0.1, -0.05) is 6.07 Å². The highest BCUT2D eigenvalue weighted by Crippen LogP contribution is 2.40. The first kappa shape index (κ1) is 23.0. The fourth-order valence-corrected chi connectivity index (χ4v) is 5.13. The molecule has 0 bridgehead atoms. The molecule has 1 aliphatic carbocycles. The van der Waals surface area contributed by atoms with Crippen molar-refractivity contribution in [3.63, 3.8) is 0 Å². The number of morpholine rings is 1. The lowest BCUT2D eigenvalue weighted by atomic mass is 9.81. The SMILES string of the molecule is O=C(C1CCC(COC(F)F)CC1)N1Cc2cccnc2Nc2ccc(N3CCOCC3)cc21. The molecule has 182 valence electrons. The van der Waals surface area contributed by atoms with Gasteiger partial charge in [0.1, 0.15) is 5.82 Å². The number of aromatic nitrogens is 1. The number of halogens is 2. The molecule has 7 nitrogen and oxygen atoms in total. The Morgan fingerprint density at radius 3 is 2.74 bits per heavy atom. The number of alkyl halides is 2.